The van der Waals surface area contributed by atoms with Crippen LogP contribution in [0.15, 0.2) is 30.9 Å². The molecule has 0 aliphatic carbocycles. The van der Waals surface area contributed by atoms with E-state index < -0.39 is 0 Å². The van der Waals surface area contributed by atoms with Crippen LogP contribution in [0.3, 0.4) is 0 Å². The normalized spacial score (nSPS) is 12.2. The zero-order chi connectivity index (χ0) is 10.6. The minimum atomic E-state index is 0.143. The van der Waals surface area contributed by atoms with E-state index in [2.05, 4.69) is 24.9 Å². The topological polar surface area (TPSA) is 21.3 Å². The fraction of sp³-hybridized carbons (Fsp3) is 0.333. The third-order valence-corrected chi connectivity index (χ3v) is 2.27. The molecule has 0 radical (unpaired) electrons. The van der Waals surface area contributed by atoms with Gasteiger partial charge in [-0.25, -0.2) is 0 Å². The third kappa shape index (κ3) is 2.15. The van der Waals surface area contributed by atoms with Gasteiger partial charge in [0, 0.05) is 5.56 Å². The van der Waals surface area contributed by atoms with Gasteiger partial charge in [-0.1, -0.05) is 23.8 Å². The van der Waals surface area contributed by atoms with Crippen LogP contribution >= 0.6 is 0 Å². The highest BCUT2D eigenvalue weighted by atomic mass is 16.5. The van der Waals surface area contributed by atoms with Crippen molar-refractivity contribution in [3.05, 3.63) is 42.0 Å². The Balaban J connectivity index is 3.14. The van der Waals surface area contributed by atoms with Crippen molar-refractivity contribution in [2.24, 2.45) is 0 Å². The first-order chi connectivity index (χ1) is 6.72. The Morgan fingerprint density at radius 2 is 2.21 bits per heavy atom. The van der Waals surface area contributed by atoms with Crippen molar-refractivity contribution in [2.75, 3.05) is 14.2 Å². The van der Waals surface area contributed by atoms with Crippen molar-refractivity contribution in [1.29, 1.82) is 0 Å². The third-order valence-electron chi connectivity index (χ3n) is 2.27. The molecule has 1 rings (SSSR count). The highest BCUT2D eigenvalue weighted by molar-refractivity contribution is 5.40. The van der Waals surface area contributed by atoms with Crippen LogP contribution < -0.4 is 10.1 Å². The van der Waals surface area contributed by atoms with E-state index in [9.17, 15) is 0 Å². The van der Waals surface area contributed by atoms with Crippen LogP contribution in [0.1, 0.15) is 17.2 Å². The molecule has 0 saturated carbocycles. The van der Waals surface area contributed by atoms with Crippen molar-refractivity contribution in [3.63, 3.8) is 0 Å². The summed E-state index contributed by atoms with van der Waals surface area (Å²) in [5.41, 5.74) is 2.35. The summed E-state index contributed by atoms with van der Waals surface area (Å²) in [6, 6.07) is 6.28. The Kier molecular flexibility index (Phi) is 3.72. The van der Waals surface area contributed by atoms with Crippen LogP contribution in [0.5, 0.6) is 5.75 Å². The molecule has 0 heterocycles. The van der Waals surface area contributed by atoms with E-state index in [1.165, 1.54) is 5.56 Å². The van der Waals surface area contributed by atoms with Crippen molar-refractivity contribution in [1.82, 2.24) is 5.32 Å². The summed E-state index contributed by atoms with van der Waals surface area (Å²) in [7, 11) is 3.60. The van der Waals surface area contributed by atoms with Crippen molar-refractivity contribution >= 4 is 0 Å². The van der Waals surface area contributed by atoms with Crippen LogP contribution in [0.4, 0.5) is 0 Å². The lowest BCUT2D eigenvalue weighted by molar-refractivity contribution is 0.406. The molecule has 0 fully saturated rings. The quantitative estimate of drug-likeness (QED) is 0.738. The fourth-order valence-corrected chi connectivity index (χ4v) is 1.50. The molecule has 0 aromatic heterocycles. The van der Waals surface area contributed by atoms with Gasteiger partial charge in [-0.2, -0.15) is 0 Å². The number of likely N-dealkylation sites (N-methyl/N-ethyl adjacent to an activating group) is 1. The van der Waals surface area contributed by atoms with Crippen LogP contribution in [-0.2, 0) is 0 Å². The highest BCUT2D eigenvalue weighted by Gasteiger charge is 2.10. The van der Waals surface area contributed by atoms with E-state index in [1.54, 1.807) is 7.11 Å². The second-order valence-electron chi connectivity index (χ2n) is 3.25. The monoisotopic (exact) mass is 191 g/mol. The van der Waals surface area contributed by atoms with Crippen molar-refractivity contribution < 1.29 is 4.74 Å². The molecule has 0 aliphatic heterocycles. The Labute approximate surface area is 85.6 Å². The van der Waals surface area contributed by atoms with Gasteiger partial charge in [-0.3, -0.25) is 0 Å². The van der Waals surface area contributed by atoms with E-state index in [0.717, 1.165) is 11.3 Å². The Morgan fingerprint density at radius 3 is 2.71 bits per heavy atom. The molecule has 0 bridgehead atoms. The number of benzene rings is 1. The van der Waals surface area contributed by atoms with Crippen LogP contribution in [0, 0.1) is 6.92 Å². The molecule has 1 aromatic rings. The predicted octanol–water partition coefficient (Wildman–Crippen LogP) is 2.45. The lowest BCUT2D eigenvalue weighted by Gasteiger charge is -2.16. The zero-order valence-corrected chi connectivity index (χ0v) is 9.00. The first-order valence-corrected chi connectivity index (χ1v) is 4.67. The summed E-state index contributed by atoms with van der Waals surface area (Å²) in [5, 5.41) is 3.17. The highest BCUT2D eigenvalue weighted by Crippen LogP contribution is 2.26. The molecular weight excluding hydrogens is 174 g/mol. The molecule has 1 aromatic carbocycles. The van der Waals surface area contributed by atoms with Gasteiger partial charge >= 0.3 is 0 Å². The summed E-state index contributed by atoms with van der Waals surface area (Å²) < 4.78 is 5.30. The second-order valence-corrected chi connectivity index (χ2v) is 3.25. The standard InChI is InChI=1S/C12H17NO/c1-5-11(13-3)10-8-9(2)6-7-12(10)14-4/h5-8,11,13H,1H2,2-4H3. The van der Waals surface area contributed by atoms with Crippen LogP contribution in [-0.4, -0.2) is 14.2 Å². The average molecular weight is 191 g/mol. The maximum absolute atomic E-state index is 5.30. The fourth-order valence-electron chi connectivity index (χ4n) is 1.50. The lowest BCUT2D eigenvalue weighted by Crippen LogP contribution is -2.14. The molecule has 1 unspecified atom stereocenters. The minimum Gasteiger partial charge on any atom is -0.496 e. The van der Waals surface area contributed by atoms with Gasteiger partial charge < -0.3 is 10.1 Å². The van der Waals surface area contributed by atoms with E-state index in [1.807, 2.05) is 25.3 Å². The molecule has 0 aliphatic rings. The summed E-state index contributed by atoms with van der Waals surface area (Å²) in [5.74, 6) is 0.898. The van der Waals surface area contributed by atoms with Crippen molar-refractivity contribution in [3.8, 4) is 5.75 Å². The average Bonchev–Trinajstić information content (AvgIpc) is 2.20. The number of methoxy groups -OCH3 is 1. The Bertz CT molecular complexity index is 320. The summed E-state index contributed by atoms with van der Waals surface area (Å²) in [6.45, 7) is 5.86. The van der Waals surface area contributed by atoms with Crippen LogP contribution in [0.2, 0.25) is 0 Å². The van der Waals surface area contributed by atoms with Gasteiger partial charge in [-0.15, -0.1) is 6.58 Å². The molecule has 1 atom stereocenters. The number of nitrogens with one attached hydrogen (secondary N) is 1. The summed E-state index contributed by atoms with van der Waals surface area (Å²) in [6.07, 6.45) is 1.87. The number of rotatable bonds is 4. The van der Waals surface area contributed by atoms with Gasteiger partial charge in [0.2, 0.25) is 0 Å². The maximum atomic E-state index is 5.30. The maximum Gasteiger partial charge on any atom is 0.123 e. The van der Waals surface area contributed by atoms with Gasteiger partial charge in [-0.05, 0) is 20.0 Å². The number of hydrogen-bond acceptors (Lipinski definition) is 2. The number of ether oxygens (including phenoxy) is 1. The number of aryl methyl sites for hydroxylation is 1. The molecule has 14 heavy (non-hydrogen) atoms. The van der Waals surface area contributed by atoms with Gasteiger partial charge in [0.1, 0.15) is 5.75 Å². The minimum absolute atomic E-state index is 0.143. The second kappa shape index (κ2) is 4.82. The van der Waals surface area contributed by atoms with Gasteiger partial charge in [0.25, 0.3) is 0 Å². The van der Waals surface area contributed by atoms with Gasteiger partial charge in [0.15, 0.2) is 0 Å². The first kappa shape index (κ1) is 10.8. The predicted molar refractivity (Wildman–Crippen MR) is 59.7 cm³/mol. The largest absolute Gasteiger partial charge is 0.496 e. The molecule has 0 spiro atoms. The molecule has 0 amide bonds. The van der Waals surface area contributed by atoms with E-state index in [0.29, 0.717) is 0 Å². The number of hydrogen-bond donors (Lipinski definition) is 1. The lowest BCUT2D eigenvalue weighted by atomic mass is 10.0. The smallest absolute Gasteiger partial charge is 0.123 e. The summed E-state index contributed by atoms with van der Waals surface area (Å²) in [4.78, 5) is 0. The molecule has 76 valence electrons. The molecule has 0 saturated heterocycles. The summed E-state index contributed by atoms with van der Waals surface area (Å²) >= 11 is 0. The Morgan fingerprint density at radius 1 is 1.50 bits per heavy atom. The molecule has 1 N–H and O–H groups in total. The van der Waals surface area contributed by atoms with Gasteiger partial charge in [0.05, 0.1) is 13.2 Å². The molecular formula is C12H17NO. The van der Waals surface area contributed by atoms with E-state index in [4.69, 9.17) is 4.74 Å². The SMILES string of the molecule is C=CC(NC)c1cc(C)ccc1OC. The Hall–Kier alpha value is -1.28. The van der Waals surface area contributed by atoms with E-state index in [-0.39, 0.29) is 6.04 Å². The molecule has 2 heteroatoms. The van der Waals surface area contributed by atoms with Crippen LogP contribution in [0.25, 0.3) is 0 Å². The molecule has 2 nitrogen and oxygen atoms in total. The first-order valence-electron chi connectivity index (χ1n) is 4.67. The van der Waals surface area contributed by atoms with E-state index >= 15 is 0 Å². The van der Waals surface area contributed by atoms with Crippen molar-refractivity contribution in [2.45, 2.75) is 13.0 Å². The zero-order valence-electron chi connectivity index (χ0n) is 9.00.